The molecule has 1 aliphatic heterocycles. The van der Waals surface area contributed by atoms with Crippen LogP contribution in [0.1, 0.15) is 0 Å². The van der Waals surface area contributed by atoms with E-state index in [1.54, 1.807) is 0 Å². The summed E-state index contributed by atoms with van der Waals surface area (Å²) in [4.78, 5) is 10.6. The molecule has 1 aliphatic rings. The van der Waals surface area contributed by atoms with Gasteiger partial charge >= 0.3 is 5.92 Å². The molecule has 0 radical (unpaired) electrons. The van der Waals surface area contributed by atoms with Crippen molar-refractivity contribution in [3.63, 3.8) is 0 Å². The first kappa shape index (κ1) is 8.26. The minimum atomic E-state index is -3.02. The minimum absolute atomic E-state index is 0.209. The van der Waals surface area contributed by atoms with E-state index >= 15 is 0 Å². The third-order valence-electron chi connectivity index (χ3n) is 1.50. The number of nitroso groups, excluding NO2 is 1. The normalized spacial score (nSPS) is 22.6. The van der Waals surface area contributed by atoms with Crippen LogP contribution in [0.4, 0.5) is 8.78 Å². The fourth-order valence-electron chi connectivity index (χ4n) is 0.997. The molecular formula is C6H9F2N2O+. The first-order valence-electron chi connectivity index (χ1n) is 3.24. The van der Waals surface area contributed by atoms with Gasteiger partial charge in [-0.15, -0.1) is 0 Å². The number of hydrogen-bond acceptors (Lipinski definition) is 2. The molecule has 0 unspecified atom stereocenters. The van der Waals surface area contributed by atoms with Crippen LogP contribution in [-0.2, 0) is 0 Å². The lowest BCUT2D eigenvalue weighted by atomic mass is 10.2. The van der Waals surface area contributed by atoms with Gasteiger partial charge in [-0.25, -0.2) is 0 Å². The van der Waals surface area contributed by atoms with Crippen LogP contribution in [-0.4, -0.2) is 30.8 Å². The number of halogens is 2. The minimum Gasteiger partial charge on any atom is -0.307 e. The van der Waals surface area contributed by atoms with Gasteiger partial charge in [-0.2, -0.15) is 8.78 Å². The van der Waals surface area contributed by atoms with Crippen LogP contribution >= 0.6 is 0 Å². The van der Waals surface area contributed by atoms with Crippen molar-refractivity contribution < 1.29 is 13.5 Å². The van der Waals surface area contributed by atoms with E-state index in [-0.39, 0.29) is 4.76 Å². The Bertz CT molecular complexity index is 213. The van der Waals surface area contributed by atoms with Crippen molar-refractivity contribution in [1.82, 2.24) is 5.32 Å². The maximum absolute atomic E-state index is 12.7. The van der Waals surface area contributed by atoms with E-state index in [9.17, 15) is 13.7 Å². The van der Waals surface area contributed by atoms with E-state index in [1.165, 1.54) is 6.08 Å². The molecule has 0 amide bonds. The molecule has 0 aromatic carbocycles. The van der Waals surface area contributed by atoms with Gasteiger partial charge in [0.15, 0.2) is 7.05 Å². The lowest BCUT2D eigenvalue weighted by molar-refractivity contribution is -0.487. The molecule has 0 fully saturated rings. The second kappa shape index (κ2) is 2.65. The molecule has 1 rings (SSSR count). The highest BCUT2D eigenvalue weighted by Crippen LogP contribution is 2.24. The summed E-state index contributed by atoms with van der Waals surface area (Å²) < 4.78 is 25.7. The summed E-state index contributed by atoms with van der Waals surface area (Å²) in [5.41, 5.74) is -0.448. The largest absolute Gasteiger partial charge is 0.346 e. The first-order valence-corrected chi connectivity index (χ1v) is 3.24. The monoisotopic (exact) mass is 163 g/mol. The predicted molar refractivity (Wildman–Crippen MR) is 35.5 cm³/mol. The van der Waals surface area contributed by atoms with Crippen molar-refractivity contribution in [2.24, 2.45) is 0 Å². The van der Waals surface area contributed by atoms with Crippen molar-refractivity contribution >= 4 is 0 Å². The summed E-state index contributed by atoms with van der Waals surface area (Å²) in [7, 11) is 1.07. The molecule has 62 valence electrons. The van der Waals surface area contributed by atoms with Gasteiger partial charge < -0.3 is 5.32 Å². The van der Waals surface area contributed by atoms with Gasteiger partial charge in [0.05, 0.1) is 6.54 Å². The predicted octanol–water partition coefficient (Wildman–Crippen LogP) is 0.517. The zero-order valence-corrected chi connectivity index (χ0v) is 6.10. The lowest BCUT2D eigenvalue weighted by Gasteiger charge is -2.17. The summed E-state index contributed by atoms with van der Waals surface area (Å²) >= 11 is 0. The Labute approximate surface area is 62.7 Å². The van der Waals surface area contributed by atoms with Crippen molar-refractivity contribution in [1.29, 1.82) is 0 Å². The van der Waals surface area contributed by atoms with Crippen LogP contribution < -0.4 is 5.32 Å². The second-order valence-electron chi connectivity index (χ2n) is 2.42. The van der Waals surface area contributed by atoms with Crippen LogP contribution in [0.2, 0.25) is 0 Å². The van der Waals surface area contributed by atoms with Crippen molar-refractivity contribution in [2.45, 2.75) is 5.92 Å². The Hall–Kier alpha value is -0.840. The molecular weight excluding hydrogens is 154 g/mol. The van der Waals surface area contributed by atoms with Crippen molar-refractivity contribution in [2.75, 3.05) is 20.1 Å². The Morgan fingerprint density at radius 3 is 2.73 bits per heavy atom. The van der Waals surface area contributed by atoms with Gasteiger partial charge in [-0.05, 0) is 0 Å². The van der Waals surface area contributed by atoms with E-state index in [2.05, 4.69) is 5.32 Å². The third-order valence-corrected chi connectivity index (χ3v) is 1.50. The molecule has 0 atom stereocenters. The van der Waals surface area contributed by atoms with Crippen LogP contribution in [0, 0.1) is 4.91 Å². The number of nitrogens with zero attached hydrogens (tertiary/aromatic N) is 1. The highest BCUT2D eigenvalue weighted by molar-refractivity contribution is 5.09. The first-order chi connectivity index (χ1) is 5.04. The average Bonchev–Trinajstić information content (AvgIpc) is 1.85. The number of nitrogens with one attached hydrogen (secondary N) is 1. The zero-order chi connectivity index (χ0) is 8.48. The fraction of sp³-hybridized carbons (Fsp3) is 0.667. The quantitative estimate of drug-likeness (QED) is 0.571. The fourth-order valence-corrected chi connectivity index (χ4v) is 0.997. The molecule has 0 saturated heterocycles. The Morgan fingerprint density at radius 2 is 2.36 bits per heavy atom. The maximum Gasteiger partial charge on any atom is 0.346 e. The average molecular weight is 163 g/mol. The summed E-state index contributed by atoms with van der Waals surface area (Å²) in [6.45, 7) is -0.122. The maximum atomic E-state index is 12.7. The number of alkyl halides is 2. The molecule has 0 bridgehead atoms. The third kappa shape index (κ3) is 1.59. The van der Waals surface area contributed by atoms with E-state index in [0.717, 1.165) is 7.05 Å². The van der Waals surface area contributed by atoms with Crippen LogP contribution in [0.3, 0.4) is 0 Å². The molecule has 5 heteroatoms. The Kier molecular flexibility index (Phi) is 1.99. The van der Waals surface area contributed by atoms with E-state index in [1.807, 2.05) is 0 Å². The summed E-state index contributed by atoms with van der Waals surface area (Å²) in [6.07, 6.45) is 1.20. The summed E-state index contributed by atoms with van der Waals surface area (Å²) in [6, 6.07) is 0. The molecule has 0 saturated carbocycles. The highest BCUT2D eigenvalue weighted by Gasteiger charge is 2.44. The molecule has 0 spiro atoms. The van der Waals surface area contributed by atoms with Gasteiger partial charge in [0.2, 0.25) is 0 Å². The molecule has 11 heavy (non-hydrogen) atoms. The molecule has 0 aromatic heterocycles. The van der Waals surface area contributed by atoms with Crippen LogP contribution in [0.5, 0.6) is 0 Å². The van der Waals surface area contributed by atoms with Gasteiger partial charge in [0.25, 0.3) is 5.70 Å². The molecule has 1 N–H and O–H groups in total. The smallest absolute Gasteiger partial charge is 0.307 e. The second-order valence-corrected chi connectivity index (χ2v) is 2.42. The highest BCUT2D eigenvalue weighted by atomic mass is 19.3. The van der Waals surface area contributed by atoms with E-state index < -0.39 is 18.2 Å². The van der Waals surface area contributed by atoms with E-state index in [4.69, 9.17) is 0 Å². The van der Waals surface area contributed by atoms with Gasteiger partial charge in [0, 0.05) is 22.3 Å². The van der Waals surface area contributed by atoms with E-state index in [0.29, 0.717) is 6.54 Å². The van der Waals surface area contributed by atoms with Crippen LogP contribution in [0.15, 0.2) is 11.8 Å². The van der Waals surface area contributed by atoms with Crippen molar-refractivity contribution in [3.05, 3.63) is 16.7 Å². The topological polar surface area (TPSA) is 32.1 Å². The Balaban J connectivity index is 2.89. The van der Waals surface area contributed by atoms with Crippen LogP contribution in [0.25, 0.3) is 0 Å². The summed E-state index contributed by atoms with van der Waals surface area (Å²) in [5, 5.41) is 2.47. The molecule has 3 nitrogen and oxygen atoms in total. The van der Waals surface area contributed by atoms with Gasteiger partial charge in [0.1, 0.15) is 0 Å². The van der Waals surface area contributed by atoms with Crippen molar-refractivity contribution in [3.8, 4) is 0 Å². The molecule has 0 aliphatic carbocycles. The van der Waals surface area contributed by atoms with Gasteiger partial charge in [-0.1, -0.05) is 0 Å². The molecule has 0 aromatic rings. The Morgan fingerprint density at radius 1 is 1.73 bits per heavy atom. The lowest BCUT2D eigenvalue weighted by Crippen LogP contribution is -2.41. The standard InChI is InChI=1S/C6H9F2N2O/c1-10(11)5-2-3-9-4-6(5,7)8/h2,9H,3-4H2,1H3/q+1. The summed E-state index contributed by atoms with van der Waals surface area (Å²) in [5.74, 6) is -3.02. The SMILES string of the molecule is C[N+](=O)C1=CCNCC1(F)F. The number of rotatable bonds is 1. The molecule has 1 heterocycles. The zero-order valence-electron chi connectivity index (χ0n) is 6.10. The van der Waals surface area contributed by atoms with Gasteiger partial charge in [-0.3, -0.25) is 0 Å². The number of hydrogen-bond donors (Lipinski definition) is 1.